The maximum Gasteiger partial charge on any atom is 0.409 e. The molecule has 1 N–H and O–H groups in total. The SMILES string of the molecule is O=C1CCC(N2Cc3c(cccc3N3CCN(C(=O)OCC4CCC5CCCN54)CC3)C2=O)C(=O)N1. The summed E-state index contributed by atoms with van der Waals surface area (Å²) in [6, 6.07) is 6.09. The van der Waals surface area contributed by atoms with Gasteiger partial charge in [-0.2, -0.15) is 0 Å². The molecule has 3 unspecified atom stereocenters. The van der Waals surface area contributed by atoms with Gasteiger partial charge in [0, 0.05) is 68.0 Å². The van der Waals surface area contributed by atoms with Crippen LogP contribution < -0.4 is 10.2 Å². The van der Waals surface area contributed by atoms with E-state index >= 15 is 0 Å². The Bertz CT molecular complexity index is 1080. The van der Waals surface area contributed by atoms with Gasteiger partial charge in [0.2, 0.25) is 11.8 Å². The smallest absolute Gasteiger partial charge is 0.409 e. The Kier molecular flexibility index (Phi) is 6.07. The second-order valence-corrected chi connectivity index (χ2v) is 10.5. The molecule has 0 radical (unpaired) electrons. The van der Waals surface area contributed by atoms with Crippen molar-refractivity contribution in [3.8, 4) is 0 Å². The van der Waals surface area contributed by atoms with Gasteiger partial charge in [-0.15, -0.1) is 0 Å². The van der Waals surface area contributed by atoms with Crippen molar-refractivity contribution >= 4 is 29.5 Å². The number of hydrogen-bond donors (Lipinski definition) is 1. The van der Waals surface area contributed by atoms with E-state index in [0.717, 1.165) is 24.2 Å². The average Bonchev–Trinajstić information content (AvgIpc) is 3.58. The number of carbonyl (C=O) groups excluding carboxylic acids is 4. The van der Waals surface area contributed by atoms with Gasteiger partial charge in [0.1, 0.15) is 12.6 Å². The zero-order valence-corrected chi connectivity index (χ0v) is 20.5. The largest absolute Gasteiger partial charge is 0.448 e. The molecule has 4 saturated heterocycles. The van der Waals surface area contributed by atoms with Crippen molar-refractivity contribution < 1.29 is 23.9 Å². The Labute approximate surface area is 210 Å². The Morgan fingerprint density at radius 3 is 2.64 bits per heavy atom. The summed E-state index contributed by atoms with van der Waals surface area (Å²) in [5.41, 5.74) is 2.48. The van der Waals surface area contributed by atoms with Crippen LogP contribution in [0.5, 0.6) is 0 Å². The van der Waals surface area contributed by atoms with E-state index in [1.165, 1.54) is 19.3 Å². The van der Waals surface area contributed by atoms with Crippen LogP contribution in [0.25, 0.3) is 0 Å². The minimum atomic E-state index is -0.627. The van der Waals surface area contributed by atoms with E-state index in [9.17, 15) is 19.2 Å². The average molecular weight is 496 g/mol. The van der Waals surface area contributed by atoms with Crippen molar-refractivity contribution in [3.63, 3.8) is 0 Å². The number of carbonyl (C=O) groups is 4. The zero-order chi connectivity index (χ0) is 24.8. The second-order valence-electron chi connectivity index (χ2n) is 10.5. The molecular formula is C26H33N5O5. The molecule has 5 heterocycles. The number of piperazine rings is 1. The minimum Gasteiger partial charge on any atom is -0.448 e. The lowest BCUT2D eigenvalue weighted by molar-refractivity contribution is -0.136. The highest BCUT2D eigenvalue weighted by Gasteiger charge is 2.41. The third-order valence-electron chi connectivity index (χ3n) is 8.56. The molecule has 6 rings (SSSR count). The Hall–Kier alpha value is -3.14. The monoisotopic (exact) mass is 495 g/mol. The summed E-state index contributed by atoms with van der Waals surface area (Å²) in [7, 11) is 0. The molecule has 0 aromatic heterocycles. The number of nitrogens with zero attached hydrogens (tertiary/aromatic N) is 4. The molecule has 4 fully saturated rings. The maximum atomic E-state index is 13.1. The van der Waals surface area contributed by atoms with Crippen molar-refractivity contribution in [1.29, 1.82) is 0 Å². The van der Waals surface area contributed by atoms with Crippen LogP contribution >= 0.6 is 0 Å². The van der Waals surface area contributed by atoms with Crippen molar-refractivity contribution in [2.24, 2.45) is 0 Å². The van der Waals surface area contributed by atoms with Crippen molar-refractivity contribution in [2.45, 2.75) is 63.2 Å². The number of fused-ring (bicyclic) bond motifs is 2. The molecule has 10 heteroatoms. The van der Waals surface area contributed by atoms with Crippen molar-refractivity contribution in [1.82, 2.24) is 20.0 Å². The van der Waals surface area contributed by atoms with Crippen molar-refractivity contribution in [3.05, 3.63) is 29.3 Å². The van der Waals surface area contributed by atoms with Crippen LogP contribution in [0.1, 0.15) is 54.4 Å². The Balaban J connectivity index is 1.06. The predicted molar refractivity (Wildman–Crippen MR) is 130 cm³/mol. The van der Waals surface area contributed by atoms with Gasteiger partial charge in [0.15, 0.2) is 0 Å². The third kappa shape index (κ3) is 4.11. The van der Waals surface area contributed by atoms with Gasteiger partial charge in [-0.3, -0.25) is 24.6 Å². The summed E-state index contributed by atoms with van der Waals surface area (Å²) in [6.45, 7) is 4.36. The highest BCUT2D eigenvalue weighted by Crippen LogP contribution is 2.35. The van der Waals surface area contributed by atoms with Crippen molar-refractivity contribution in [2.75, 3.05) is 44.2 Å². The lowest BCUT2D eigenvalue weighted by atomic mass is 10.0. The summed E-state index contributed by atoms with van der Waals surface area (Å²) >= 11 is 0. The normalized spacial score (nSPS) is 28.4. The van der Waals surface area contributed by atoms with Crippen LogP contribution in [-0.4, -0.2) is 96.0 Å². The molecule has 0 bridgehead atoms. The molecule has 1 aromatic rings. The molecule has 0 aliphatic carbocycles. The van der Waals surface area contributed by atoms with Gasteiger partial charge in [0.05, 0.1) is 0 Å². The summed E-state index contributed by atoms with van der Waals surface area (Å²) < 4.78 is 5.72. The molecule has 4 amide bonds. The number of benzene rings is 1. The van der Waals surface area contributed by atoms with Crippen LogP contribution in [0.15, 0.2) is 18.2 Å². The fourth-order valence-electron chi connectivity index (χ4n) is 6.63. The molecule has 36 heavy (non-hydrogen) atoms. The van der Waals surface area contributed by atoms with E-state index in [1.54, 1.807) is 15.9 Å². The minimum absolute atomic E-state index is 0.171. The van der Waals surface area contributed by atoms with Gasteiger partial charge in [-0.25, -0.2) is 4.79 Å². The van der Waals surface area contributed by atoms with Gasteiger partial charge in [0.25, 0.3) is 5.91 Å². The number of amides is 4. The lowest BCUT2D eigenvalue weighted by Gasteiger charge is -2.36. The first-order valence-electron chi connectivity index (χ1n) is 13.2. The Morgan fingerprint density at radius 2 is 1.83 bits per heavy atom. The quantitative estimate of drug-likeness (QED) is 0.629. The highest BCUT2D eigenvalue weighted by molar-refractivity contribution is 6.06. The zero-order valence-electron chi connectivity index (χ0n) is 20.5. The fourth-order valence-corrected chi connectivity index (χ4v) is 6.63. The van der Waals surface area contributed by atoms with Gasteiger partial charge in [-0.05, 0) is 50.8 Å². The number of imide groups is 1. The lowest BCUT2D eigenvalue weighted by Crippen LogP contribution is -2.52. The molecule has 192 valence electrons. The van der Waals surface area contributed by atoms with Crippen LogP contribution in [0.2, 0.25) is 0 Å². The van der Waals surface area contributed by atoms with Gasteiger partial charge >= 0.3 is 6.09 Å². The highest BCUT2D eigenvalue weighted by atomic mass is 16.6. The number of hydrogen-bond acceptors (Lipinski definition) is 7. The third-order valence-corrected chi connectivity index (χ3v) is 8.56. The maximum absolute atomic E-state index is 13.1. The molecule has 5 aliphatic heterocycles. The molecule has 5 aliphatic rings. The Morgan fingerprint density at radius 1 is 1.00 bits per heavy atom. The molecule has 10 nitrogen and oxygen atoms in total. The summed E-state index contributed by atoms with van der Waals surface area (Å²) in [5, 5.41) is 2.35. The topological polar surface area (TPSA) is 102 Å². The van der Waals surface area contributed by atoms with E-state index in [1.807, 2.05) is 12.1 Å². The number of rotatable bonds is 4. The molecule has 3 atom stereocenters. The van der Waals surface area contributed by atoms with Crippen LogP contribution in [0.3, 0.4) is 0 Å². The molecule has 1 aromatic carbocycles. The molecule has 0 spiro atoms. The van der Waals surface area contributed by atoms with Crippen LogP contribution in [-0.2, 0) is 20.9 Å². The van der Waals surface area contributed by atoms with E-state index in [-0.39, 0.29) is 24.3 Å². The fraction of sp³-hybridized carbons (Fsp3) is 0.615. The summed E-state index contributed by atoms with van der Waals surface area (Å²) in [6.07, 6.45) is 5.19. The molecular weight excluding hydrogens is 462 g/mol. The van der Waals surface area contributed by atoms with E-state index < -0.39 is 11.9 Å². The second kappa shape index (κ2) is 9.38. The number of anilines is 1. The first-order valence-corrected chi connectivity index (χ1v) is 13.2. The predicted octanol–water partition coefficient (Wildman–Crippen LogP) is 1.33. The van der Waals surface area contributed by atoms with E-state index in [4.69, 9.17) is 4.74 Å². The number of nitrogens with one attached hydrogen (secondary N) is 1. The summed E-state index contributed by atoms with van der Waals surface area (Å²) in [5.74, 6) is -0.865. The first-order chi connectivity index (χ1) is 17.5. The first kappa shape index (κ1) is 23.3. The summed E-state index contributed by atoms with van der Waals surface area (Å²) in [4.78, 5) is 57.9. The van der Waals surface area contributed by atoms with Crippen LogP contribution in [0.4, 0.5) is 10.5 Å². The van der Waals surface area contributed by atoms with E-state index in [2.05, 4.69) is 15.1 Å². The standard InChI is InChI=1S/C26H33N5O5/c32-23-9-8-22(24(33)27-23)31-15-20-19(25(31)34)4-1-5-21(20)28-11-13-29(14-12-28)26(35)36-16-18-7-6-17-3-2-10-30(17)18/h1,4-5,17-18,22H,2-3,6-16H2,(H,27,32,33). The van der Waals surface area contributed by atoms with Crippen LogP contribution in [0, 0.1) is 0 Å². The van der Waals surface area contributed by atoms with Gasteiger partial charge in [-0.1, -0.05) is 6.07 Å². The van der Waals surface area contributed by atoms with E-state index in [0.29, 0.717) is 63.4 Å². The number of piperidine rings is 1. The number of ether oxygens (including phenoxy) is 1. The van der Waals surface area contributed by atoms with Gasteiger partial charge < -0.3 is 19.4 Å². The molecule has 0 saturated carbocycles.